The van der Waals surface area contributed by atoms with Crippen LogP contribution in [-0.2, 0) is 6.54 Å². The van der Waals surface area contributed by atoms with E-state index in [0.29, 0.717) is 39.4 Å². The predicted molar refractivity (Wildman–Crippen MR) is 149 cm³/mol. The normalized spacial score (nSPS) is 17.5. The van der Waals surface area contributed by atoms with Crippen molar-refractivity contribution in [2.45, 2.75) is 39.2 Å². The zero-order valence-corrected chi connectivity index (χ0v) is 22.3. The van der Waals surface area contributed by atoms with Gasteiger partial charge >= 0.3 is 0 Å². The van der Waals surface area contributed by atoms with Crippen molar-refractivity contribution in [3.8, 4) is 17.2 Å². The molecule has 1 aliphatic rings. The summed E-state index contributed by atoms with van der Waals surface area (Å²) in [6.07, 6.45) is 4.44. The highest BCUT2D eigenvalue weighted by atomic mass is 35.5. The van der Waals surface area contributed by atoms with Gasteiger partial charge < -0.3 is 4.90 Å². The van der Waals surface area contributed by atoms with Gasteiger partial charge in [-0.3, -0.25) is 4.79 Å². The van der Waals surface area contributed by atoms with Crippen LogP contribution in [0.1, 0.15) is 53.4 Å². The predicted octanol–water partition coefficient (Wildman–Crippen LogP) is 8.70. The Morgan fingerprint density at radius 3 is 2.46 bits per heavy atom. The first kappa shape index (κ1) is 25.4. The number of hydrogen-bond donors (Lipinski definition) is 0. The lowest BCUT2D eigenvalue weighted by Gasteiger charge is -2.32. The molecule has 0 bridgehead atoms. The van der Waals surface area contributed by atoms with Gasteiger partial charge in [0, 0.05) is 28.7 Å². The first-order valence-electron chi connectivity index (χ1n) is 12.7. The Balaban J connectivity index is 1.47. The number of thiophene rings is 1. The van der Waals surface area contributed by atoms with Crippen molar-refractivity contribution in [2.24, 2.45) is 11.8 Å². The minimum atomic E-state index is -0.338. The van der Waals surface area contributed by atoms with E-state index in [4.69, 9.17) is 16.9 Å². The molecule has 1 saturated carbocycles. The van der Waals surface area contributed by atoms with Crippen LogP contribution in [0.25, 0.3) is 21.2 Å². The Morgan fingerprint density at radius 1 is 1.05 bits per heavy atom. The van der Waals surface area contributed by atoms with Gasteiger partial charge in [0.05, 0.1) is 16.7 Å². The SMILES string of the molecule is CC1CCC(CN(Cc2cc(-c3ccc(C#N)cc3)ccc2F)C(=O)c2sc3ccccc3c2Cl)CC1. The van der Waals surface area contributed by atoms with Crippen LogP contribution in [0.2, 0.25) is 5.02 Å². The van der Waals surface area contributed by atoms with Gasteiger partial charge in [-0.15, -0.1) is 11.3 Å². The Hall–Kier alpha value is -3.20. The number of amides is 1. The molecule has 0 N–H and O–H groups in total. The number of benzene rings is 3. The molecule has 4 aromatic rings. The summed E-state index contributed by atoms with van der Waals surface area (Å²) in [5.41, 5.74) is 2.79. The molecule has 6 heteroatoms. The van der Waals surface area contributed by atoms with Crippen molar-refractivity contribution in [1.82, 2.24) is 4.90 Å². The molecule has 188 valence electrons. The Morgan fingerprint density at radius 2 is 1.76 bits per heavy atom. The number of nitrogens with zero attached hydrogens (tertiary/aromatic N) is 2. The molecule has 1 heterocycles. The van der Waals surface area contributed by atoms with Crippen LogP contribution in [0, 0.1) is 29.0 Å². The number of hydrogen-bond acceptors (Lipinski definition) is 3. The van der Waals surface area contributed by atoms with Gasteiger partial charge in [0.25, 0.3) is 5.91 Å². The van der Waals surface area contributed by atoms with Gasteiger partial charge in [0.15, 0.2) is 0 Å². The molecule has 0 saturated heterocycles. The zero-order valence-electron chi connectivity index (χ0n) is 20.7. The van der Waals surface area contributed by atoms with E-state index in [2.05, 4.69) is 13.0 Å². The van der Waals surface area contributed by atoms with Crippen molar-refractivity contribution in [3.05, 3.63) is 93.6 Å². The fraction of sp³-hybridized carbons (Fsp3) is 0.290. The number of halogens is 2. The number of carbonyl (C=O) groups is 1. The third kappa shape index (κ3) is 5.56. The lowest BCUT2D eigenvalue weighted by molar-refractivity contribution is 0.0695. The van der Waals surface area contributed by atoms with E-state index in [1.807, 2.05) is 42.5 Å². The average Bonchev–Trinajstić information content (AvgIpc) is 3.26. The van der Waals surface area contributed by atoms with Crippen LogP contribution in [-0.4, -0.2) is 17.4 Å². The first-order chi connectivity index (χ1) is 17.9. The first-order valence-corrected chi connectivity index (χ1v) is 13.9. The molecule has 0 atom stereocenters. The summed E-state index contributed by atoms with van der Waals surface area (Å²) in [7, 11) is 0. The summed E-state index contributed by atoms with van der Waals surface area (Å²) in [5, 5.41) is 10.4. The fourth-order valence-corrected chi connectivity index (χ4v) is 6.64. The van der Waals surface area contributed by atoms with Gasteiger partial charge in [-0.1, -0.05) is 67.8 Å². The molecule has 0 spiro atoms. The summed E-state index contributed by atoms with van der Waals surface area (Å²) < 4.78 is 16.1. The average molecular weight is 531 g/mol. The third-order valence-electron chi connectivity index (χ3n) is 7.38. The number of rotatable bonds is 6. The lowest BCUT2D eigenvalue weighted by atomic mass is 9.82. The van der Waals surface area contributed by atoms with Gasteiger partial charge in [-0.2, -0.15) is 5.26 Å². The maximum Gasteiger partial charge on any atom is 0.265 e. The highest BCUT2D eigenvalue weighted by Crippen LogP contribution is 2.37. The molecule has 1 aliphatic carbocycles. The van der Waals surface area contributed by atoms with Gasteiger partial charge in [0.1, 0.15) is 10.7 Å². The molecule has 1 fully saturated rings. The largest absolute Gasteiger partial charge is 0.333 e. The molecule has 1 amide bonds. The number of nitriles is 1. The Bertz CT molecular complexity index is 1470. The summed E-state index contributed by atoms with van der Waals surface area (Å²) in [6, 6.07) is 22.1. The minimum Gasteiger partial charge on any atom is -0.333 e. The zero-order chi connectivity index (χ0) is 25.9. The maximum absolute atomic E-state index is 15.1. The molecule has 3 aromatic carbocycles. The van der Waals surface area contributed by atoms with E-state index < -0.39 is 0 Å². The smallest absolute Gasteiger partial charge is 0.265 e. The van der Waals surface area contributed by atoms with Crippen LogP contribution in [0.4, 0.5) is 4.39 Å². The third-order valence-corrected chi connectivity index (χ3v) is 9.05. The molecule has 0 aliphatic heterocycles. The van der Waals surface area contributed by atoms with Crippen LogP contribution >= 0.6 is 22.9 Å². The molecule has 3 nitrogen and oxygen atoms in total. The highest BCUT2D eigenvalue weighted by molar-refractivity contribution is 7.21. The van der Waals surface area contributed by atoms with E-state index >= 15 is 4.39 Å². The standard InChI is InChI=1S/C31H28ClFN2OS/c1-20-6-8-22(9-7-20)18-35(31(36)30-29(32)26-4-2-3-5-28(26)37-30)19-25-16-24(14-15-27(25)33)23-12-10-21(17-34)11-13-23/h2-5,10-16,20,22H,6-9,18-19H2,1H3. The summed E-state index contributed by atoms with van der Waals surface area (Å²) in [4.78, 5) is 16.2. The van der Waals surface area contributed by atoms with E-state index in [-0.39, 0.29) is 18.3 Å². The van der Waals surface area contributed by atoms with Crippen LogP contribution in [0.3, 0.4) is 0 Å². The van der Waals surface area contributed by atoms with Crippen molar-refractivity contribution < 1.29 is 9.18 Å². The van der Waals surface area contributed by atoms with Crippen molar-refractivity contribution in [1.29, 1.82) is 5.26 Å². The van der Waals surface area contributed by atoms with Crippen LogP contribution in [0.15, 0.2) is 66.7 Å². The molecule has 5 rings (SSSR count). The fourth-order valence-electron chi connectivity index (χ4n) is 5.16. The topological polar surface area (TPSA) is 44.1 Å². The number of fused-ring (bicyclic) bond motifs is 1. The molecule has 0 unspecified atom stereocenters. The van der Waals surface area contributed by atoms with Gasteiger partial charge in [0.2, 0.25) is 0 Å². The molecular formula is C31H28ClFN2OS. The highest BCUT2D eigenvalue weighted by Gasteiger charge is 2.28. The van der Waals surface area contributed by atoms with Crippen molar-refractivity contribution >= 4 is 38.9 Å². The number of carbonyl (C=O) groups excluding carboxylic acids is 1. The van der Waals surface area contributed by atoms with E-state index in [1.165, 1.54) is 17.4 Å². The minimum absolute atomic E-state index is 0.145. The molecule has 37 heavy (non-hydrogen) atoms. The Kier molecular flexibility index (Phi) is 7.60. The second kappa shape index (κ2) is 11.0. The van der Waals surface area contributed by atoms with E-state index in [1.54, 1.807) is 23.1 Å². The quantitative estimate of drug-likeness (QED) is 0.250. The summed E-state index contributed by atoms with van der Waals surface area (Å²) >= 11 is 8.09. The van der Waals surface area contributed by atoms with Crippen LogP contribution < -0.4 is 0 Å². The molecule has 0 radical (unpaired) electrons. The lowest BCUT2D eigenvalue weighted by Crippen LogP contribution is -2.36. The van der Waals surface area contributed by atoms with E-state index in [9.17, 15) is 4.79 Å². The second-order valence-corrected chi connectivity index (χ2v) is 11.5. The molecule has 1 aromatic heterocycles. The van der Waals surface area contributed by atoms with Crippen molar-refractivity contribution in [3.63, 3.8) is 0 Å². The van der Waals surface area contributed by atoms with Crippen LogP contribution in [0.5, 0.6) is 0 Å². The maximum atomic E-state index is 15.1. The van der Waals surface area contributed by atoms with Crippen molar-refractivity contribution in [2.75, 3.05) is 6.54 Å². The van der Waals surface area contributed by atoms with Gasteiger partial charge in [-0.05, 0) is 66.1 Å². The second-order valence-electron chi connectivity index (χ2n) is 10.0. The Labute approximate surface area is 226 Å². The van der Waals surface area contributed by atoms with E-state index in [0.717, 1.165) is 46.9 Å². The summed E-state index contributed by atoms with van der Waals surface area (Å²) in [6.45, 7) is 3.03. The molecular weight excluding hydrogens is 503 g/mol. The summed E-state index contributed by atoms with van der Waals surface area (Å²) in [5.74, 6) is 0.611. The monoisotopic (exact) mass is 530 g/mol. The van der Waals surface area contributed by atoms with Gasteiger partial charge in [-0.25, -0.2) is 4.39 Å².